The van der Waals surface area contributed by atoms with Crippen molar-refractivity contribution in [1.82, 2.24) is 4.98 Å². The number of hydrogen-bond donors (Lipinski definition) is 1. The summed E-state index contributed by atoms with van der Waals surface area (Å²) in [6.45, 7) is -0.467. The van der Waals surface area contributed by atoms with Crippen LogP contribution in [0.1, 0.15) is 52.1 Å². The van der Waals surface area contributed by atoms with Crippen molar-refractivity contribution in [2.45, 2.75) is 32.0 Å². The van der Waals surface area contributed by atoms with Crippen LogP contribution in [0.15, 0.2) is 42.5 Å². The van der Waals surface area contributed by atoms with E-state index in [0.29, 0.717) is 42.0 Å². The van der Waals surface area contributed by atoms with Crippen LogP contribution in [0, 0.1) is 17.5 Å². The quantitative estimate of drug-likeness (QED) is 0.266. The van der Waals surface area contributed by atoms with E-state index in [1.165, 1.54) is 18.2 Å². The SMILES string of the molecule is O=C(O)c1cc(C(F)(F)F)cc(C2=C(c3cc(Cl)ccc3OCc3ccc(F)c(F)c3F)CCC2)n1. The van der Waals surface area contributed by atoms with Crippen LogP contribution in [-0.4, -0.2) is 16.1 Å². The van der Waals surface area contributed by atoms with Crippen LogP contribution in [0.5, 0.6) is 5.75 Å². The topological polar surface area (TPSA) is 59.4 Å². The lowest BCUT2D eigenvalue weighted by Crippen LogP contribution is -2.11. The summed E-state index contributed by atoms with van der Waals surface area (Å²) in [5.74, 6) is -5.83. The van der Waals surface area contributed by atoms with Gasteiger partial charge in [-0.05, 0) is 72.9 Å². The average Bonchev–Trinajstić information content (AvgIpc) is 3.32. The molecule has 0 aliphatic heterocycles. The third-order valence-electron chi connectivity index (χ3n) is 5.66. The van der Waals surface area contributed by atoms with Crippen molar-refractivity contribution in [2.24, 2.45) is 0 Å². The highest BCUT2D eigenvalue weighted by atomic mass is 35.5. The Labute approximate surface area is 205 Å². The van der Waals surface area contributed by atoms with Gasteiger partial charge in [-0.2, -0.15) is 13.2 Å². The molecule has 4 nitrogen and oxygen atoms in total. The summed E-state index contributed by atoms with van der Waals surface area (Å²) < 4.78 is 86.8. The van der Waals surface area contributed by atoms with Gasteiger partial charge < -0.3 is 9.84 Å². The Bertz CT molecular complexity index is 1390. The Balaban J connectivity index is 1.78. The molecular weight excluding hydrogens is 512 g/mol. The second kappa shape index (κ2) is 9.85. The van der Waals surface area contributed by atoms with E-state index in [0.717, 1.165) is 18.2 Å². The molecule has 4 rings (SSSR count). The number of ether oxygens (including phenoxy) is 1. The van der Waals surface area contributed by atoms with Gasteiger partial charge in [-0.3, -0.25) is 0 Å². The molecule has 1 aliphatic rings. The van der Waals surface area contributed by atoms with Gasteiger partial charge in [0.25, 0.3) is 0 Å². The van der Waals surface area contributed by atoms with Gasteiger partial charge in [-0.1, -0.05) is 11.6 Å². The number of aromatic nitrogens is 1. The third-order valence-corrected chi connectivity index (χ3v) is 5.90. The molecule has 0 saturated heterocycles. The molecule has 0 atom stereocenters. The van der Waals surface area contributed by atoms with E-state index >= 15 is 0 Å². The predicted octanol–water partition coefficient (Wildman–Crippen LogP) is 7.54. The first-order chi connectivity index (χ1) is 17.0. The Morgan fingerprint density at radius 2 is 1.72 bits per heavy atom. The van der Waals surface area contributed by atoms with Crippen molar-refractivity contribution in [3.63, 3.8) is 0 Å². The zero-order chi connectivity index (χ0) is 26.2. The number of pyridine rings is 1. The van der Waals surface area contributed by atoms with E-state index in [-0.39, 0.29) is 22.0 Å². The number of rotatable bonds is 6. The minimum atomic E-state index is -4.79. The fourth-order valence-electron chi connectivity index (χ4n) is 3.98. The second-order valence-corrected chi connectivity index (χ2v) is 8.44. The molecule has 0 spiro atoms. The maximum absolute atomic E-state index is 14.1. The Kier molecular flexibility index (Phi) is 6.99. The maximum atomic E-state index is 14.1. The highest BCUT2D eigenvalue weighted by Gasteiger charge is 2.33. The van der Waals surface area contributed by atoms with Crippen molar-refractivity contribution >= 4 is 28.7 Å². The molecule has 0 saturated carbocycles. The summed E-state index contributed by atoms with van der Waals surface area (Å²) in [4.78, 5) is 15.3. The standard InChI is InChI=1S/C25H16ClF6NO3/c26-14-5-7-21(36-11-12-4-6-18(27)23(29)22(12)28)17(10-14)15-2-1-3-16(15)19-8-13(25(30,31)32)9-20(33-19)24(34)35/h4-10H,1-3,11H2,(H,34,35). The fourth-order valence-corrected chi connectivity index (χ4v) is 4.15. The first-order valence-electron chi connectivity index (χ1n) is 10.6. The first kappa shape index (κ1) is 25.6. The normalized spacial score (nSPS) is 13.9. The number of alkyl halides is 3. The first-order valence-corrected chi connectivity index (χ1v) is 10.9. The van der Waals surface area contributed by atoms with Crippen LogP contribution in [-0.2, 0) is 12.8 Å². The number of aromatic carboxylic acids is 1. The number of carbonyl (C=O) groups is 1. The van der Waals surface area contributed by atoms with Crippen molar-refractivity contribution in [1.29, 1.82) is 0 Å². The molecule has 2 aromatic carbocycles. The summed E-state index contributed by atoms with van der Waals surface area (Å²) in [5.41, 5.74) is -1.01. The Morgan fingerprint density at radius 1 is 1.00 bits per heavy atom. The van der Waals surface area contributed by atoms with Crippen LogP contribution in [0.3, 0.4) is 0 Å². The summed E-state index contributed by atoms with van der Waals surface area (Å²) in [5, 5.41) is 9.56. The molecule has 0 amide bonds. The molecule has 1 aromatic heterocycles. The van der Waals surface area contributed by atoms with Gasteiger partial charge in [0.1, 0.15) is 18.1 Å². The zero-order valence-electron chi connectivity index (χ0n) is 18.2. The van der Waals surface area contributed by atoms with E-state index in [1.807, 2.05) is 0 Å². The highest BCUT2D eigenvalue weighted by Crippen LogP contribution is 2.44. The fraction of sp³-hybridized carbons (Fsp3) is 0.200. The van der Waals surface area contributed by atoms with Crippen LogP contribution in [0.4, 0.5) is 26.3 Å². The maximum Gasteiger partial charge on any atom is 0.416 e. The van der Waals surface area contributed by atoms with Gasteiger partial charge in [0, 0.05) is 16.1 Å². The van der Waals surface area contributed by atoms with Crippen molar-refractivity contribution in [3.8, 4) is 5.75 Å². The van der Waals surface area contributed by atoms with Gasteiger partial charge in [0.15, 0.2) is 17.5 Å². The van der Waals surface area contributed by atoms with Gasteiger partial charge in [-0.25, -0.2) is 22.9 Å². The molecule has 3 aromatic rings. The number of benzene rings is 2. The van der Waals surface area contributed by atoms with E-state index in [9.17, 15) is 36.2 Å². The van der Waals surface area contributed by atoms with Gasteiger partial charge >= 0.3 is 12.1 Å². The molecule has 1 aliphatic carbocycles. The van der Waals surface area contributed by atoms with Crippen LogP contribution < -0.4 is 4.74 Å². The van der Waals surface area contributed by atoms with Gasteiger partial charge in [-0.15, -0.1) is 0 Å². The lowest BCUT2D eigenvalue weighted by Gasteiger charge is -2.16. The summed E-state index contributed by atoms with van der Waals surface area (Å²) in [6, 6.07) is 7.48. The second-order valence-electron chi connectivity index (χ2n) is 8.00. The van der Waals surface area contributed by atoms with E-state index in [2.05, 4.69) is 4.98 Å². The van der Waals surface area contributed by atoms with Crippen molar-refractivity contribution < 1.29 is 41.0 Å². The molecule has 1 N–H and O–H groups in total. The van der Waals surface area contributed by atoms with E-state index in [4.69, 9.17) is 16.3 Å². The third kappa shape index (κ3) is 5.18. The number of carboxylic acids is 1. The Hall–Kier alpha value is -3.53. The summed E-state index contributed by atoms with van der Waals surface area (Å²) in [7, 11) is 0. The monoisotopic (exact) mass is 527 g/mol. The Morgan fingerprint density at radius 3 is 2.42 bits per heavy atom. The van der Waals surface area contributed by atoms with Crippen LogP contribution in [0.2, 0.25) is 5.02 Å². The molecule has 0 radical (unpaired) electrons. The van der Waals surface area contributed by atoms with E-state index in [1.54, 1.807) is 0 Å². The minimum absolute atomic E-state index is 0.146. The molecule has 36 heavy (non-hydrogen) atoms. The number of halogens is 7. The van der Waals surface area contributed by atoms with Crippen molar-refractivity contribution in [3.05, 3.63) is 93.0 Å². The van der Waals surface area contributed by atoms with Gasteiger partial charge in [0.2, 0.25) is 0 Å². The zero-order valence-corrected chi connectivity index (χ0v) is 19.0. The molecule has 0 fully saturated rings. The van der Waals surface area contributed by atoms with E-state index < -0.39 is 47.5 Å². The minimum Gasteiger partial charge on any atom is -0.488 e. The smallest absolute Gasteiger partial charge is 0.416 e. The van der Waals surface area contributed by atoms with Crippen LogP contribution >= 0.6 is 11.6 Å². The lowest BCUT2D eigenvalue weighted by atomic mass is 9.98. The number of nitrogens with zero attached hydrogens (tertiary/aromatic N) is 1. The number of carboxylic acid groups (broad SMARTS) is 1. The molecular formula is C25H16ClF6NO3. The van der Waals surface area contributed by atoms with Crippen molar-refractivity contribution in [2.75, 3.05) is 0 Å². The number of allylic oxidation sites excluding steroid dienone is 2. The average molecular weight is 528 g/mol. The summed E-state index contributed by atoms with van der Waals surface area (Å²) >= 11 is 6.15. The predicted molar refractivity (Wildman–Crippen MR) is 119 cm³/mol. The number of hydrogen-bond acceptors (Lipinski definition) is 3. The molecule has 1 heterocycles. The molecule has 0 unspecified atom stereocenters. The lowest BCUT2D eigenvalue weighted by molar-refractivity contribution is -0.137. The summed E-state index contributed by atoms with van der Waals surface area (Å²) in [6.07, 6.45) is -3.55. The molecule has 0 bridgehead atoms. The van der Waals surface area contributed by atoms with Crippen LogP contribution in [0.25, 0.3) is 11.1 Å². The molecule has 188 valence electrons. The van der Waals surface area contributed by atoms with Gasteiger partial charge in [0.05, 0.1) is 11.3 Å². The largest absolute Gasteiger partial charge is 0.488 e. The molecule has 11 heteroatoms. The highest BCUT2D eigenvalue weighted by molar-refractivity contribution is 6.30.